The van der Waals surface area contributed by atoms with Gasteiger partial charge in [0, 0.05) is 17.0 Å². The topological polar surface area (TPSA) is 78.4 Å². The van der Waals surface area contributed by atoms with E-state index in [0.29, 0.717) is 17.8 Å². The number of carbonyl (C=O) groups excluding carboxylic acids is 1. The van der Waals surface area contributed by atoms with Crippen LogP contribution in [-0.4, -0.2) is 34.7 Å². The van der Waals surface area contributed by atoms with Crippen LogP contribution in [0.15, 0.2) is 12.1 Å². The molecule has 21 heavy (non-hydrogen) atoms. The average molecular weight is 310 g/mol. The minimum Gasteiger partial charge on any atom is -0.478 e. The molecule has 0 aliphatic rings. The molecule has 0 atom stereocenters. The largest absolute Gasteiger partial charge is 0.478 e. The van der Waals surface area contributed by atoms with E-state index in [1.165, 1.54) is 6.07 Å². The Labute approximate surface area is 129 Å². The first kappa shape index (κ1) is 17.4. The molecule has 0 unspecified atom stereocenters. The van der Waals surface area contributed by atoms with E-state index in [2.05, 4.69) is 10.6 Å². The number of carboxylic acid groups (broad SMARTS) is 1. The highest BCUT2D eigenvalue weighted by atomic mass is 32.2. The molecule has 0 fully saturated rings. The van der Waals surface area contributed by atoms with Crippen molar-refractivity contribution in [2.45, 2.75) is 32.4 Å². The number of amides is 2. The Kier molecular flexibility index (Phi) is 5.66. The molecule has 2 amide bonds. The van der Waals surface area contributed by atoms with Crippen molar-refractivity contribution in [2.24, 2.45) is 0 Å². The molecule has 1 aromatic rings. The van der Waals surface area contributed by atoms with E-state index in [1.807, 2.05) is 27.0 Å². The van der Waals surface area contributed by atoms with Crippen LogP contribution in [0.3, 0.4) is 0 Å². The minimum absolute atomic E-state index is 0.0489. The number of carboxylic acids is 1. The van der Waals surface area contributed by atoms with Gasteiger partial charge in [0.15, 0.2) is 0 Å². The Balaban J connectivity index is 2.80. The van der Waals surface area contributed by atoms with Crippen molar-refractivity contribution in [3.63, 3.8) is 0 Å². The monoisotopic (exact) mass is 310 g/mol. The summed E-state index contributed by atoms with van der Waals surface area (Å²) in [6.07, 6.45) is 1.99. The Morgan fingerprint density at radius 1 is 1.29 bits per heavy atom. The number of thioether (sulfide) groups is 1. The Bertz CT molecular complexity index is 556. The number of anilines is 1. The van der Waals surface area contributed by atoms with Gasteiger partial charge in [-0.05, 0) is 57.2 Å². The molecule has 0 aromatic heterocycles. The molecule has 3 N–H and O–H groups in total. The molecule has 0 heterocycles. The van der Waals surface area contributed by atoms with Gasteiger partial charge in [-0.15, -0.1) is 0 Å². The summed E-state index contributed by atoms with van der Waals surface area (Å²) in [4.78, 5) is 23.1. The SMILES string of the molecule is CSC(C)(C)CNC(=O)Nc1cc(C)c(C)c(C(=O)O)c1. The van der Waals surface area contributed by atoms with Crippen LogP contribution in [0, 0.1) is 13.8 Å². The van der Waals surface area contributed by atoms with Crippen LogP contribution in [0.25, 0.3) is 0 Å². The molecule has 1 rings (SSSR count). The lowest BCUT2D eigenvalue weighted by Gasteiger charge is -2.22. The lowest BCUT2D eigenvalue weighted by Crippen LogP contribution is -2.38. The van der Waals surface area contributed by atoms with Crippen molar-refractivity contribution in [2.75, 3.05) is 18.1 Å². The van der Waals surface area contributed by atoms with Crippen LogP contribution in [0.2, 0.25) is 0 Å². The van der Waals surface area contributed by atoms with Crippen LogP contribution in [0.5, 0.6) is 0 Å². The number of aryl methyl sites for hydroxylation is 1. The highest BCUT2D eigenvalue weighted by molar-refractivity contribution is 7.99. The molecule has 116 valence electrons. The summed E-state index contributed by atoms with van der Waals surface area (Å²) in [6, 6.07) is 2.90. The van der Waals surface area contributed by atoms with Gasteiger partial charge in [0.05, 0.1) is 5.56 Å². The van der Waals surface area contributed by atoms with Gasteiger partial charge in [0.1, 0.15) is 0 Å². The van der Waals surface area contributed by atoms with E-state index in [0.717, 1.165) is 5.56 Å². The summed E-state index contributed by atoms with van der Waals surface area (Å²) < 4.78 is -0.0489. The first-order valence-electron chi connectivity index (χ1n) is 6.61. The highest BCUT2D eigenvalue weighted by Gasteiger charge is 2.17. The van der Waals surface area contributed by atoms with Gasteiger partial charge in [0.2, 0.25) is 0 Å². The second-order valence-corrected chi connectivity index (χ2v) is 7.06. The van der Waals surface area contributed by atoms with Crippen molar-refractivity contribution in [3.05, 3.63) is 28.8 Å². The summed E-state index contributed by atoms with van der Waals surface area (Å²) >= 11 is 1.67. The summed E-state index contributed by atoms with van der Waals surface area (Å²) in [5, 5.41) is 14.6. The summed E-state index contributed by atoms with van der Waals surface area (Å²) in [6.45, 7) is 8.18. The highest BCUT2D eigenvalue weighted by Crippen LogP contribution is 2.21. The lowest BCUT2D eigenvalue weighted by molar-refractivity contribution is 0.0696. The number of carbonyl (C=O) groups is 2. The standard InChI is InChI=1S/C15H22N2O3S/c1-9-6-11(7-12(10(9)2)13(18)19)17-14(20)16-8-15(3,4)21-5/h6-7H,8H2,1-5H3,(H,18,19)(H2,16,17,20). The van der Waals surface area contributed by atoms with E-state index < -0.39 is 5.97 Å². The van der Waals surface area contributed by atoms with Crippen LogP contribution in [0.1, 0.15) is 35.3 Å². The number of aromatic carboxylic acids is 1. The molecular formula is C15H22N2O3S. The maximum Gasteiger partial charge on any atom is 0.336 e. The third-order valence-corrected chi connectivity index (χ3v) is 4.63. The molecule has 0 radical (unpaired) electrons. The zero-order valence-corrected chi connectivity index (χ0v) is 13.9. The molecule has 0 saturated heterocycles. The van der Waals surface area contributed by atoms with E-state index in [9.17, 15) is 9.59 Å². The first-order chi connectivity index (χ1) is 9.66. The molecular weight excluding hydrogens is 288 g/mol. The van der Waals surface area contributed by atoms with Crippen LogP contribution in [-0.2, 0) is 0 Å². The van der Waals surface area contributed by atoms with E-state index in [1.54, 1.807) is 24.8 Å². The summed E-state index contributed by atoms with van der Waals surface area (Å²) in [5.74, 6) is -0.997. The van der Waals surface area contributed by atoms with Gasteiger partial charge in [-0.1, -0.05) is 0 Å². The molecule has 6 heteroatoms. The fraction of sp³-hybridized carbons (Fsp3) is 0.467. The number of hydrogen-bond donors (Lipinski definition) is 3. The fourth-order valence-electron chi connectivity index (χ4n) is 1.69. The van der Waals surface area contributed by atoms with Crippen molar-refractivity contribution in [3.8, 4) is 0 Å². The van der Waals surface area contributed by atoms with Crippen LogP contribution < -0.4 is 10.6 Å². The van der Waals surface area contributed by atoms with Crippen molar-refractivity contribution < 1.29 is 14.7 Å². The van der Waals surface area contributed by atoms with Crippen LogP contribution in [0.4, 0.5) is 10.5 Å². The lowest BCUT2D eigenvalue weighted by atomic mass is 10.0. The fourth-order valence-corrected chi connectivity index (χ4v) is 1.91. The van der Waals surface area contributed by atoms with Crippen molar-refractivity contribution >= 4 is 29.4 Å². The molecule has 0 aliphatic carbocycles. The van der Waals surface area contributed by atoms with E-state index in [4.69, 9.17) is 5.11 Å². The summed E-state index contributed by atoms with van der Waals surface area (Å²) in [5.41, 5.74) is 2.22. The van der Waals surface area contributed by atoms with Crippen molar-refractivity contribution in [1.82, 2.24) is 5.32 Å². The summed E-state index contributed by atoms with van der Waals surface area (Å²) in [7, 11) is 0. The van der Waals surface area contributed by atoms with Gasteiger partial charge in [-0.25, -0.2) is 9.59 Å². The van der Waals surface area contributed by atoms with Gasteiger partial charge < -0.3 is 15.7 Å². The number of benzene rings is 1. The molecule has 1 aromatic carbocycles. The maximum absolute atomic E-state index is 11.9. The third kappa shape index (κ3) is 4.97. The smallest absolute Gasteiger partial charge is 0.336 e. The molecule has 0 aliphatic heterocycles. The first-order valence-corrected chi connectivity index (χ1v) is 7.83. The third-order valence-electron chi connectivity index (χ3n) is 3.38. The number of nitrogens with one attached hydrogen (secondary N) is 2. The molecule has 5 nitrogen and oxygen atoms in total. The average Bonchev–Trinajstić information content (AvgIpc) is 2.40. The number of hydrogen-bond acceptors (Lipinski definition) is 3. The second-order valence-electron chi connectivity index (χ2n) is 5.54. The minimum atomic E-state index is -0.997. The van der Waals surface area contributed by atoms with E-state index in [-0.39, 0.29) is 16.3 Å². The van der Waals surface area contributed by atoms with E-state index >= 15 is 0 Å². The van der Waals surface area contributed by atoms with Crippen molar-refractivity contribution in [1.29, 1.82) is 0 Å². The van der Waals surface area contributed by atoms with Gasteiger partial charge >= 0.3 is 12.0 Å². The van der Waals surface area contributed by atoms with Gasteiger partial charge in [0.25, 0.3) is 0 Å². The molecule has 0 saturated carbocycles. The predicted octanol–water partition coefficient (Wildman–Crippen LogP) is 3.26. The zero-order valence-electron chi connectivity index (χ0n) is 13.0. The zero-order chi connectivity index (χ0) is 16.2. The molecule has 0 bridgehead atoms. The predicted molar refractivity (Wildman–Crippen MR) is 87.5 cm³/mol. The normalized spacial score (nSPS) is 11.1. The van der Waals surface area contributed by atoms with Crippen LogP contribution >= 0.6 is 11.8 Å². The molecule has 0 spiro atoms. The quantitative estimate of drug-likeness (QED) is 0.780. The number of rotatable bonds is 5. The number of urea groups is 1. The van der Waals surface area contributed by atoms with Gasteiger partial charge in [-0.3, -0.25) is 0 Å². The second kappa shape index (κ2) is 6.85. The Morgan fingerprint density at radius 3 is 2.43 bits per heavy atom. The Morgan fingerprint density at radius 2 is 1.90 bits per heavy atom. The maximum atomic E-state index is 11.9. The van der Waals surface area contributed by atoms with Gasteiger partial charge in [-0.2, -0.15) is 11.8 Å². The Hall–Kier alpha value is -1.69.